The van der Waals surface area contributed by atoms with Crippen LogP contribution in [0.3, 0.4) is 0 Å². The molecule has 3 aromatic rings. The average Bonchev–Trinajstić information content (AvgIpc) is 3.68. The Morgan fingerprint density at radius 1 is 0.974 bits per heavy atom. The van der Waals surface area contributed by atoms with Crippen LogP contribution in [-0.4, -0.2) is 66.9 Å². The minimum absolute atomic E-state index is 0.364. The Balaban J connectivity index is 1.17. The second-order valence-electron chi connectivity index (χ2n) is 12.2. The van der Waals surface area contributed by atoms with Crippen molar-refractivity contribution in [1.82, 2.24) is 14.8 Å². The number of methoxy groups -OCH3 is 1. The highest BCUT2D eigenvalue weighted by molar-refractivity contribution is 5.93. The van der Waals surface area contributed by atoms with Gasteiger partial charge in [-0.2, -0.15) is 0 Å². The number of aldehydes is 1. The molecule has 2 aliphatic heterocycles. The van der Waals surface area contributed by atoms with Gasteiger partial charge in [-0.3, -0.25) is 4.79 Å². The number of nitrogens with zero attached hydrogens (tertiary/aromatic N) is 2. The zero-order valence-corrected chi connectivity index (χ0v) is 23.3. The second kappa shape index (κ2) is 10.9. The third-order valence-electron chi connectivity index (χ3n) is 9.37. The van der Waals surface area contributed by atoms with Crippen molar-refractivity contribution in [3.8, 4) is 17.0 Å². The van der Waals surface area contributed by atoms with E-state index in [1.807, 2.05) is 12.1 Å². The van der Waals surface area contributed by atoms with Gasteiger partial charge in [0.2, 0.25) is 0 Å². The van der Waals surface area contributed by atoms with E-state index in [-0.39, 0.29) is 0 Å². The number of hydrogen-bond acceptors (Lipinski definition) is 4. The van der Waals surface area contributed by atoms with Gasteiger partial charge in [0, 0.05) is 29.2 Å². The molecule has 6 rings (SSSR count). The maximum Gasteiger partial charge on any atom is 0.153 e. The summed E-state index contributed by atoms with van der Waals surface area (Å²) in [6.45, 7) is 10.9. The SMILES string of the molecule is COc1ccc(-c2[nH]c3ccc(C4CCN(C5CCN(CC6CC6)CC5)CC4)cc3c2C(C)C)cc1C=O. The monoisotopic (exact) mass is 513 g/mol. The van der Waals surface area contributed by atoms with E-state index in [1.54, 1.807) is 7.11 Å². The van der Waals surface area contributed by atoms with Crippen LogP contribution in [0.2, 0.25) is 0 Å². The molecule has 2 aromatic carbocycles. The summed E-state index contributed by atoms with van der Waals surface area (Å²) in [7, 11) is 1.61. The third kappa shape index (κ3) is 5.15. The number of ether oxygens (including phenoxy) is 1. The maximum absolute atomic E-state index is 11.7. The van der Waals surface area contributed by atoms with E-state index in [9.17, 15) is 4.79 Å². The predicted molar refractivity (Wildman–Crippen MR) is 155 cm³/mol. The molecule has 3 fully saturated rings. The van der Waals surface area contributed by atoms with E-state index in [0.29, 0.717) is 23.1 Å². The van der Waals surface area contributed by atoms with Gasteiger partial charge in [-0.1, -0.05) is 19.9 Å². The van der Waals surface area contributed by atoms with Crippen molar-refractivity contribution in [2.45, 2.75) is 70.3 Å². The molecule has 2 saturated heterocycles. The first-order valence-electron chi connectivity index (χ1n) is 14.8. The molecule has 0 radical (unpaired) electrons. The number of nitrogens with one attached hydrogen (secondary N) is 1. The lowest BCUT2D eigenvalue weighted by Gasteiger charge is -2.42. The van der Waals surface area contributed by atoms with Crippen LogP contribution in [-0.2, 0) is 0 Å². The Bertz CT molecular complexity index is 1270. The number of aromatic amines is 1. The highest BCUT2D eigenvalue weighted by Gasteiger charge is 2.31. The number of aromatic nitrogens is 1. The highest BCUT2D eigenvalue weighted by Crippen LogP contribution is 2.39. The molecule has 0 spiro atoms. The molecular weight excluding hydrogens is 470 g/mol. The van der Waals surface area contributed by atoms with E-state index in [0.717, 1.165) is 29.5 Å². The number of piperidine rings is 2. The van der Waals surface area contributed by atoms with Crippen LogP contribution in [0.4, 0.5) is 0 Å². The van der Waals surface area contributed by atoms with E-state index in [1.165, 1.54) is 93.3 Å². The van der Waals surface area contributed by atoms with Crippen molar-refractivity contribution in [3.05, 3.63) is 53.1 Å². The van der Waals surface area contributed by atoms with Gasteiger partial charge in [0.15, 0.2) is 6.29 Å². The number of carbonyl (C=O) groups excluding carboxylic acids is 1. The topological polar surface area (TPSA) is 48.6 Å². The Labute approximate surface area is 227 Å². The number of carbonyl (C=O) groups is 1. The molecule has 5 nitrogen and oxygen atoms in total. The molecule has 1 saturated carbocycles. The van der Waals surface area contributed by atoms with Crippen molar-refractivity contribution in [3.63, 3.8) is 0 Å². The van der Waals surface area contributed by atoms with Gasteiger partial charge in [0.25, 0.3) is 0 Å². The van der Waals surface area contributed by atoms with Crippen LogP contribution in [0, 0.1) is 5.92 Å². The van der Waals surface area contributed by atoms with Gasteiger partial charge < -0.3 is 19.5 Å². The average molecular weight is 514 g/mol. The molecule has 0 bridgehead atoms. The Morgan fingerprint density at radius 3 is 2.39 bits per heavy atom. The summed E-state index contributed by atoms with van der Waals surface area (Å²) >= 11 is 0. The zero-order chi connectivity index (χ0) is 26.2. The van der Waals surface area contributed by atoms with Crippen molar-refractivity contribution in [1.29, 1.82) is 0 Å². The van der Waals surface area contributed by atoms with Crippen molar-refractivity contribution < 1.29 is 9.53 Å². The summed E-state index contributed by atoms with van der Waals surface area (Å²) in [5.41, 5.74) is 6.71. The first-order valence-corrected chi connectivity index (χ1v) is 14.8. The summed E-state index contributed by atoms with van der Waals surface area (Å²) in [5.74, 6) is 2.62. The Morgan fingerprint density at radius 2 is 1.74 bits per heavy atom. The van der Waals surface area contributed by atoms with E-state index < -0.39 is 0 Å². The number of rotatable bonds is 8. The first-order chi connectivity index (χ1) is 18.5. The first kappa shape index (κ1) is 25.6. The molecule has 0 atom stereocenters. The van der Waals surface area contributed by atoms with Gasteiger partial charge in [-0.05, 0) is 129 Å². The summed E-state index contributed by atoms with van der Waals surface area (Å²) < 4.78 is 5.37. The molecule has 0 unspecified atom stereocenters. The normalized spacial score (nSPS) is 20.4. The number of fused-ring (bicyclic) bond motifs is 1. The summed E-state index contributed by atoms with van der Waals surface area (Å²) in [6.07, 6.45) is 9.01. The molecule has 0 amide bonds. The van der Waals surface area contributed by atoms with Crippen LogP contribution in [0.25, 0.3) is 22.2 Å². The summed E-state index contributed by atoms with van der Waals surface area (Å²) in [6, 6.07) is 13.7. The lowest BCUT2D eigenvalue weighted by atomic mass is 9.86. The van der Waals surface area contributed by atoms with Crippen molar-refractivity contribution >= 4 is 17.2 Å². The minimum Gasteiger partial charge on any atom is -0.496 e. The van der Waals surface area contributed by atoms with Crippen LogP contribution in [0.15, 0.2) is 36.4 Å². The van der Waals surface area contributed by atoms with Crippen LogP contribution < -0.4 is 4.74 Å². The Kier molecular flexibility index (Phi) is 7.33. The number of hydrogen-bond donors (Lipinski definition) is 1. The largest absolute Gasteiger partial charge is 0.496 e. The molecular formula is C33H43N3O2. The fourth-order valence-electron chi connectivity index (χ4n) is 7.02. The lowest BCUT2D eigenvalue weighted by molar-refractivity contribution is 0.0856. The van der Waals surface area contributed by atoms with Gasteiger partial charge in [0.1, 0.15) is 5.75 Å². The van der Waals surface area contributed by atoms with Gasteiger partial charge in [-0.25, -0.2) is 0 Å². The fourth-order valence-corrected chi connectivity index (χ4v) is 7.02. The Hall–Kier alpha value is -2.63. The quantitative estimate of drug-likeness (QED) is 0.335. The van der Waals surface area contributed by atoms with E-state index >= 15 is 0 Å². The molecule has 1 N–H and O–H groups in total. The molecule has 1 aromatic heterocycles. The van der Waals surface area contributed by atoms with Crippen LogP contribution in [0.5, 0.6) is 5.75 Å². The lowest BCUT2D eigenvalue weighted by Crippen LogP contribution is -2.47. The summed E-state index contributed by atoms with van der Waals surface area (Å²) in [5, 5.41) is 1.32. The minimum atomic E-state index is 0.364. The summed E-state index contributed by atoms with van der Waals surface area (Å²) in [4.78, 5) is 20.9. The van der Waals surface area contributed by atoms with Gasteiger partial charge in [-0.15, -0.1) is 0 Å². The van der Waals surface area contributed by atoms with E-state index in [2.05, 4.69) is 52.9 Å². The van der Waals surface area contributed by atoms with Crippen molar-refractivity contribution in [2.24, 2.45) is 5.92 Å². The smallest absolute Gasteiger partial charge is 0.153 e. The number of benzene rings is 2. The molecule has 202 valence electrons. The van der Waals surface area contributed by atoms with Crippen molar-refractivity contribution in [2.75, 3.05) is 39.8 Å². The third-order valence-corrected chi connectivity index (χ3v) is 9.37. The maximum atomic E-state index is 11.7. The highest BCUT2D eigenvalue weighted by atomic mass is 16.5. The molecule has 3 heterocycles. The standard InChI is InChI=1S/C33H43N3O2/c1-22(2)32-29-19-25(6-8-30(29)34-33(32)26-7-9-31(38-3)27(18-26)21-37)24-10-16-36(17-11-24)28-12-14-35(15-13-28)20-23-4-5-23/h6-9,18-19,21-24,28,34H,4-5,10-17,20H2,1-3H3. The predicted octanol–water partition coefficient (Wildman–Crippen LogP) is 6.83. The van der Waals surface area contributed by atoms with Gasteiger partial charge >= 0.3 is 0 Å². The molecule has 3 aliphatic rings. The molecule has 5 heteroatoms. The zero-order valence-electron chi connectivity index (χ0n) is 23.3. The van der Waals surface area contributed by atoms with E-state index in [4.69, 9.17) is 4.74 Å². The second-order valence-corrected chi connectivity index (χ2v) is 12.2. The molecule has 1 aliphatic carbocycles. The van der Waals surface area contributed by atoms with Crippen LogP contribution >= 0.6 is 0 Å². The number of H-pyrrole nitrogens is 1. The molecule has 38 heavy (non-hydrogen) atoms. The fraction of sp³-hybridized carbons (Fsp3) is 0.545. The van der Waals surface area contributed by atoms with Crippen LogP contribution in [0.1, 0.15) is 85.7 Å². The number of likely N-dealkylation sites (tertiary alicyclic amines) is 2. The van der Waals surface area contributed by atoms with Gasteiger partial charge in [0.05, 0.1) is 12.7 Å².